The fourth-order valence-corrected chi connectivity index (χ4v) is 1.74. The van der Waals surface area contributed by atoms with Gasteiger partial charge in [0.1, 0.15) is 11.9 Å². The molecule has 0 spiro atoms. The molecule has 1 aliphatic rings. The van der Waals surface area contributed by atoms with E-state index in [-0.39, 0.29) is 11.8 Å². The van der Waals surface area contributed by atoms with Gasteiger partial charge in [-0.1, -0.05) is 0 Å². The van der Waals surface area contributed by atoms with Crippen LogP contribution in [0.15, 0.2) is 12.4 Å². The van der Waals surface area contributed by atoms with E-state index in [4.69, 9.17) is 9.47 Å². The Morgan fingerprint density at radius 1 is 1.58 bits per heavy atom. The van der Waals surface area contributed by atoms with Crippen molar-refractivity contribution in [3.8, 4) is 0 Å². The Labute approximate surface area is 111 Å². The Balaban J connectivity index is 1.91. The van der Waals surface area contributed by atoms with Crippen molar-refractivity contribution in [2.75, 3.05) is 25.6 Å². The average molecular weight is 267 g/mol. The van der Waals surface area contributed by atoms with Gasteiger partial charge in [0.25, 0.3) is 0 Å². The van der Waals surface area contributed by atoms with Crippen LogP contribution in [0, 0.1) is 0 Å². The van der Waals surface area contributed by atoms with E-state index in [9.17, 15) is 4.79 Å². The first-order valence-electron chi connectivity index (χ1n) is 5.96. The molecule has 0 saturated carbocycles. The van der Waals surface area contributed by atoms with Crippen molar-refractivity contribution in [3.63, 3.8) is 0 Å². The summed E-state index contributed by atoms with van der Waals surface area (Å²) < 4.78 is 15.7. The number of rotatable bonds is 4. The summed E-state index contributed by atoms with van der Waals surface area (Å²) in [4.78, 5) is 19.3. The number of aromatic nitrogens is 2. The fourth-order valence-electron chi connectivity index (χ4n) is 1.74. The average Bonchev–Trinajstić information content (AvgIpc) is 2.75. The third-order valence-corrected chi connectivity index (χ3v) is 2.61. The molecule has 7 nitrogen and oxygen atoms in total. The van der Waals surface area contributed by atoms with Gasteiger partial charge in [-0.25, -0.2) is 9.78 Å². The van der Waals surface area contributed by atoms with Gasteiger partial charge >= 0.3 is 5.97 Å². The van der Waals surface area contributed by atoms with Crippen molar-refractivity contribution >= 4 is 11.8 Å². The van der Waals surface area contributed by atoms with Crippen LogP contribution in [0.3, 0.4) is 0 Å². The Morgan fingerprint density at radius 3 is 3.00 bits per heavy atom. The summed E-state index contributed by atoms with van der Waals surface area (Å²) in [6.07, 6.45) is 2.83. The van der Waals surface area contributed by atoms with Crippen LogP contribution in [0.1, 0.15) is 24.3 Å². The molecule has 0 aliphatic carbocycles. The topological polar surface area (TPSA) is 82.6 Å². The summed E-state index contributed by atoms with van der Waals surface area (Å²) in [6.45, 7) is 4.78. The zero-order chi connectivity index (χ0) is 13.9. The van der Waals surface area contributed by atoms with Crippen molar-refractivity contribution in [3.05, 3.63) is 18.1 Å². The lowest BCUT2D eigenvalue weighted by atomic mass is 10.3. The SMILES string of the molecule is COC(=O)c1cncc(NCC2COC(C)(C)O2)n1. The second kappa shape index (κ2) is 5.50. The summed E-state index contributed by atoms with van der Waals surface area (Å²) in [5.74, 6) is -0.569. The Hall–Kier alpha value is -1.73. The lowest BCUT2D eigenvalue weighted by molar-refractivity contribution is -0.136. The molecular formula is C12H17N3O4. The van der Waals surface area contributed by atoms with Gasteiger partial charge in [-0.3, -0.25) is 4.98 Å². The minimum Gasteiger partial charge on any atom is -0.464 e. The van der Waals surface area contributed by atoms with Gasteiger partial charge in [0.2, 0.25) is 0 Å². The van der Waals surface area contributed by atoms with Crippen LogP contribution in [0.4, 0.5) is 5.82 Å². The molecule has 19 heavy (non-hydrogen) atoms. The van der Waals surface area contributed by atoms with E-state index in [1.807, 2.05) is 13.8 Å². The molecule has 7 heteroatoms. The van der Waals surface area contributed by atoms with E-state index < -0.39 is 11.8 Å². The van der Waals surface area contributed by atoms with Crippen LogP contribution in [-0.4, -0.2) is 48.1 Å². The highest BCUT2D eigenvalue weighted by molar-refractivity contribution is 5.87. The maximum absolute atomic E-state index is 11.3. The van der Waals surface area contributed by atoms with Crippen LogP contribution in [0.25, 0.3) is 0 Å². The Bertz CT molecular complexity index is 464. The molecule has 1 aromatic heterocycles. The molecule has 1 saturated heterocycles. The predicted octanol–water partition coefficient (Wildman–Crippen LogP) is 0.827. The van der Waals surface area contributed by atoms with E-state index >= 15 is 0 Å². The monoisotopic (exact) mass is 267 g/mol. The van der Waals surface area contributed by atoms with E-state index in [1.54, 1.807) is 0 Å². The van der Waals surface area contributed by atoms with E-state index in [0.29, 0.717) is 19.0 Å². The summed E-state index contributed by atoms with van der Waals surface area (Å²) in [6, 6.07) is 0. The molecule has 1 fully saturated rings. The highest BCUT2D eigenvalue weighted by Gasteiger charge is 2.32. The zero-order valence-electron chi connectivity index (χ0n) is 11.2. The number of nitrogens with one attached hydrogen (secondary N) is 1. The van der Waals surface area contributed by atoms with Crippen LogP contribution >= 0.6 is 0 Å². The molecule has 0 aromatic carbocycles. The molecule has 0 amide bonds. The first kappa shape index (κ1) is 13.7. The Kier molecular flexibility index (Phi) is 3.96. The molecule has 1 unspecified atom stereocenters. The summed E-state index contributed by atoms with van der Waals surface area (Å²) in [5.41, 5.74) is 0.163. The predicted molar refractivity (Wildman–Crippen MR) is 66.8 cm³/mol. The van der Waals surface area contributed by atoms with Gasteiger partial charge in [-0.2, -0.15) is 0 Å². The van der Waals surface area contributed by atoms with Crippen molar-refractivity contribution in [1.82, 2.24) is 9.97 Å². The van der Waals surface area contributed by atoms with Crippen LogP contribution in [-0.2, 0) is 14.2 Å². The smallest absolute Gasteiger partial charge is 0.358 e. The number of hydrogen-bond acceptors (Lipinski definition) is 7. The molecular weight excluding hydrogens is 250 g/mol. The van der Waals surface area contributed by atoms with Crippen LogP contribution in [0.2, 0.25) is 0 Å². The quantitative estimate of drug-likeness (QED) is 0.809. The van der Waals surface area contributed by atoms with Gasteiger partial charge in [0.05, 0.1) is 26.1 Å². The first-order valence-corrected chi connectivity index (χ1v) is 5.96. The second-order valence-electron chi connectivity index (χ2n) is 4.61. The first-order chi connectivity index (χ1) is 9.00. The number of hydrogen-bond donors (Lipinski definition) is 1. The lowest BCUT2D eigenvalue weighted by Crippen LogP contribution is -2.26. The lowest BCUT2D eigenvalue weighted by Gasteiger charge is -2.17. The number of esters is 1. The summed E-state index contributed by atoms with van der Waals surface area (Å²) in [7, 11) is 1.30. The van der Waals surface area contributed by atoms with Crippen molar-refractivity contribution in [2.24, 2.45) is 0 Å². The zero-order valence-corrected chi connectivity index (χ0v) is 11.2. The minimum absolute atomic E-state index is 0.0569. The van der Waals surface area contributed by atoms with Gasteiger partial charge in [-0.05, 0) is 13.8 Å². The highest BCUT2D eigenvalue weighted by Crippen LogP contribution is 2.22. The number of methoxy groups -OCH3 is 1. The molecule has 2 heterocycles. The normalized spacial score (nSPS) is 21.1. The van der Waals surface area contributed by atoms with E-state index in [0.717, 1.165) is 0 Å². The van der Waals surface area contributed by atoms with Gasteiger partial charge < -0.3 is 19.5 Å². The fraction of sp³-hybridized carbons (Fsp3) is 0.583. The molecule has 1 aromatic rings. The number of ether oxygens (including phenoxy) is 3. The third kappa shape index (κ3) is 3.62. The van der Waals surface area contributed by atoms with E-state index in [2.05, 4.69) is 20.0 Å². The second-order valence-corrected chi connectivity index (χ2v) is 4.61. The summed E-state index contributed by atoms with van der Waals surface area (Å²) >= 11 is 0. The van der Waals surface area contributed by atoms with E-state index in [1.165, 1.54) is 19.5 Å². The minimum atomic E-state index is -0.550. The molecule has 104 valence electrons. The number of carbonyl (C=O) groups is 1. The van der Waals surface area contributed by atoms with Gasteiger partial charge in [0, 0.05) is 6.54 Å². The molecule has 0 radical (unpaired) electrons. The van der Waals surface area contributed by atoms with Gasteiger partial charge in [-0.15, -0.1) is 0 Å². The number of nitrogens with zero attached hydrogens (tertiary/aromatic N) is 2. The highest BCUT2D eigenvalue weighted by atomic mass is 16.7. The van der Waals surface area contributed by atoms with Crippen molar-refractivity contribution in [1.29, 1.82) is 0 Å². The van der Waals surface area contributed by atoms with Crippen molar-refractivity contribution in [2.45, 2.75) is 25.7 Å². The molecule has 1 N–H and O–H groups in total. The molecule has 1 atom stereocenters. The Morgan fingerprint density at radius 2 is 2.37 bits per heavy atom. The third-order valence-electron chi connectivity index (χ3n) is 2.61. The van der Waals surface area contributed by atoms with Crippen molar-refractivity contribution < 1.29 is 19.0 Å². The molecule has 2 rings (SSSR count). The van der Waals surface area contributed by atoms with Crippen LogP contribution in [0.5, 0.6) is 0 Å². The maximum atomic E-state index is 11.3. The molecule has 1 aliphatic heterocycles. The van der Waals surface area contributed by atoms with Crippen LogP contribution < -0.4 is 5.32 Å². The largest absolute Gasteiger partial charge is 0.464 e. The number of carbonyl (C=O) groups excluding carboxylic acids is 1. The standard InChI is InChI=1S/C12H17N3O4/c1-12(2)18-7-8(19-12)4-14-10-6-13-5-9(15-10)11(16)17-3/h5-6,8H,4,7H2,1-3H3,(H,14,15). The number of anilines is 1. The van der Waals surface area contributed by atoms with Gasteiger partial charge in [0.15, 0.2) is 11.5 Å². The maximum Gasteiger partial charge on any atom is 0.358 e. The molecule has 0 bridgehead atoms. The summed E-state index contributed by atoms with van der Waals surface area (Å²) in [5, 5.41) is 3.06.